The normalized spacial score (nSPS) is 29.4. The Kier molecular flexibility index (Phi) is 22.2. The van der Waals surface area contributed by atoms with Gasteiger partial charge in [0.2, 0.25) is 53.4 Å². The van der Waals surface area contributed by atoms with E-state index in [4.69, 9.17) is 63.1 Å². The number of amides is 7. The molecule has 5 aromatic rings. The summed E-state index contributed by atoms with van der Waals surface area (Å²) in [6, 6.07) is -0.679. The first-order valence-corrected chi connectivity index (χ1v) is 32.4. The smallest absolute Gasteiger partial charge is 0.330 e. The number of rotatable bonds is 13. The number of nitrogens with one attached hydrogen (secondary N) is 7. The summed E-state index contributed by atoms with van der Waals surface area (Å²) >= 11 is 14.1. The number of carboxylic acids is 1. The number of halogens is 2. The molecular formula is C66H75Cl2N9O24. The van der Waals surface area contributed by atoms with Crippen LogP contribution in [0.2, 0.25) is 10.0 Å². The van der Waals surface area contributed by atoms with Crippen molar-refractivity contribution in [3.63, 3.8) is 0 Å². The molecule has 2 saturated heterocycles. The van der Waals surface area contributed by atoms with E-state index in [-0.39, 0.29) is 46.2 Å². The fraction of sp³-hybridized carbons (Fsp3) is 0.424. The molecule has 0 radical (unpaired) electrons. The van der Waals surface area contributed by atoms with E-state index in [1.54, 1.807) is 0 Å². The van der Waals surface area contributed by atoms with Crippen molar-refractivity contribution in [1.29, 1.82) is 0 Å². The van der Waals surface area contributed by atoms with E-state index in [1.807, 2.05) is 13.8 Å². The number of primary amides is 1. The van der Waals surface area contributed by atoms with E-state index in [0.29, 0.717) is 0 Å². The number of carbonyl (C=O) groups is 8. The summed E-state index contributed by atoms with van der Waals surface area (Å²) in [7, 11) is 1.47. The molecule has 542 valence electrons. The van der Waals surface area contributed by atoms with Crippen LogP contribution in [-0.4, -0.2) is 191 Å². The Morgan fingerprint density at radius 2 is 1.32 bits per heavy atom. The summed E-state index contributed by atoms with van der Waals surface area (Å²) in [6.07, 6.45) is -18.6. The summed E-state index contributed by atoms with van der Waals surface area (Å²) in [5, 5.41) is 131. The predicted octanol–water partition coefficient (Wildman–Crippen LogP) is 0.106. The third-order valence-electron chi connectivity index (χ3n) is 17.8. The van der Waals surface area contributed by atoms with Gasteiger partial charge in [0.25, 0.3) is 0 Å². The van der Waals surface area contributed by atoms with Crippen LogP contribution in [0.25, 0.3) is 11.1 Å². The molecule has 7 aliphatic heterocycles. The Morgan fingerprint density at radius 1 is 0.713 bits per heavy atom. The number of benzene rings is 5. The number of hydrogen-bond acceptors (Lipinski definition) is 25. The minimum Gasteiger partial charge on any atom is -0.508 e. The molecule has 7 heterocycles. The molecule has 33 nitrogen and oxygen atoms in total. The predicted molar refractivity (Wildman–Crippen MR) is 349 cm³/mol. The van der Waals surface area contributed by atoms with Crippen molar-refractivity contribution in [1.82, 2.24) is 37.2 Å². The van der Waals surface area contributed by atoms with Gasteiger partial charge in [-0.15, -0.1) is 0 Å². The Labute approximate surface area is 584 Å². The molecule has 7 aliphatic rings. The van der Waals surface area contributed by atoms with Crippen LogP contribution in [0.4, 0.5) is 0 Å². The van der Waals surface area contributed by atoms with Gasteiger partial charge in [0, 0.05) is 34.7 Å². The second-order valence-corrected chi connectivity index (χ2v) is 26.5. The number of carboxylic acid groups (broad SMARTS) is 1. The van der Waals surface area contributed by atoms with E-state index in [9.17, 15) is 75.0 Å². The summed E-state index contributed by atoms with van der Waals surface area (Å²) < 4.78 is 38.3. The number of aliphatic hydroxyl groups is 6. The lowest BCUT2D eigenvalue weighted by molar-refractivity contribution is -0.333. The maximum atomic E-state index is 16.0. The van der Waals surface area contributed by atoms with Gasteiger partial charge in [-0.1, -0.05) is 55.2 Å². The first-order chi connectivity index (χ1) is 47.7. The second-order valence-electron chi connectivity index (χ2n) is 25.7. The van der Waals surface area contributed by atoms with Crippen LogP contribution in [-0.2, 0) is 52.6 Å². The zero-order valence-electron chi connectivity index (χ0n) is 54.3. The van der Waals surface area contributed by atoms with Crippen molar-refractivity contribution in [2.24, 2.45) is 17.4 Å². The quantitative estimate of drug-likeness (QED) is 0.0743. The van der Waals surface area contributed by atoms with Gasteiger partial charge in [0.05, 0.1) is 41.3 Å². The number of hydrogen-bond donors (Lipinski definition) is 19. The molecule has 35 heteroatoms. The van der Waals surface area contributed by atoms with Crippen LogP contribution in [0.3, 0.4) is 0 Å². The lowest BCUT2D eigenvalue weighted by Gasteiger charge is -2.47. The van der Waals surface area contributed by atoms with Gasteiger partial charge in [-0.25, -0.2) is 4.79 Å². The van der Waals surface area contributed by atoms with Crippen molar-refractivity contribution in [2.75, 3.05) is 13.7 Å². The summed E-state index contributed by atoms with van der Waals surface area (Å²) in [6.45, 7) is 5.66. The first-order valence-electron chi connectivity index (χ1n) is 31.6. The van der Waals surface area contributed by atoms with Crippen LogP contribution < -0.4 is 62.9 Å². The van der Waals surface area contributed by atoms with Gasteiger partial charge in [-0.3, -0.25) is 33.6 Å². The van der Waals surface area contributed by atoms with E-state index in [2.05, 4.69) is 37.2 Å². The number of aliphatic carboxylic acids is 1. The number of ether oxygens (including phenoxy) is 6. The highest BCUT2D eigenvalue weighted by Crippen LogP contribution is 2.50. The van der Waals surface area contributed by atoms with E-state index in [0.717, 1.165) is 66.7 Å². The van der Waals surface area contributed by atoms with Gasteiger partial charge < -0.3 is 128 Å². The van der Waals surface area contributed by atoms with Gasteiger partial charge in [-0.05, 0) is 110 Å². The highest BCUT2D eigenvalue weighted by Gasteiger charge is 2.51. The molecule has 5 aromatic carbocycles. The maximum absolute atomic E-state index is 16.0. The molecule has 10 unspecified atom stereocenters. The molecule has 0 aliphatic carbocycles. The molecule has 0 aromatic heterocycles. The van der Waals surface area contributed by atoms with Crippen LogP contribution in [0.15, 0.2) is 78.9 Å². The monoisotopic (exact) mass is 1450 g/mol. The zero-order chi connectivity index (χ0) is 73.5. The number of carbonyl (C=O) groups excluding carboxylic acids is 7. The minimum absolute atomic E-state index is 0.0975. The largest absolute Gasteiger partial charge is 0.508 e. The average Bonchev–Trinajstić information content (AvgIpc) is 0.775. The average molecular weight is 1450 g/mol. The highest BCUT2D eigenvalue weighted by atomic mass is 35.5. The number of phenols is 3. The van der Waals surface area contributed by atoms with E-state index >= 15 is 14.4 Å². The van der Waals surface area contributed by atoms with Crippen molar-refractivity contribution in [2.45, 2.75) is 156 Å². The summed E-state index contributed by atoms with van der Waals surface area (Å²) in [5.74, 6) is -16.0. The lowest BCUT2D eigenvalue weighted by Crippen LogP contribution is -2.64. The Bertz CT molecular complexity index is 4070. The zero-order valence-corrected chi connectivity index (χ0v) is 55.8. The molecule has 18 atom stereocenters. The van der Waals surface area contributed by atoms with Crippen LogP contribution in [0.5, 0.6) is 46.0 Å². The fourth-order valence-corrected chi connectivity index (χ4v) is 12.9. The van der Waals surface area contributed by atoms with Gasteiger partial charge in [0.15, 0.2) is 29.9 Å². The van der Waals surface area contributed by atoms with Gasteiger partial charge >= 0.3 is 5.97 Å². The Balaban J connectivity index is 1.24. The molecule has 21 N–H and O–H groups in total. The molecule has 0 spiro atoms. The van der Waals surface area contributed by atoms with Crippen LogP contribution >= 0.6 is 23.2 Å². The van der Waals surface area contributed by atoms with Gasteiger partial charge in [0.1, 0.15) is 89.5 Å². The van der Waals surface area contributed by atoms with Crippen molar-refractivity contribution in [3.8, 4) is 57.1 Å². The molecule has 12 rings (SSSR count). The molecule has 2 fully saturated rings. The molecule has 101 heavy (non-hydrogen) atoms. The molecule has 11 bridgehead atoms. The second kappa shape index (κ2) is 30.2. The first kappa shape index (κ1) is 74.5. The van der Waals surface area contributed by atoms with E-state index in [1.165, 1.54) is 33.0 Å². The minimum atomic E-state index is -2.35. The van der Waals surface area contributed by atoms with Gasteiger partial charge in [-0.2, -0.15) is 0 Å². The molecule has 0 saturated carbocycles. The maximum Gasteiger partial charge on any atom is 0.330 e. The summed E-state index contributed by atoms with van der Waals surface area (Å²) in [5.41, 5.74) is 8.00. The van der Waals surface area contributed by atoms with Crippen LogP contribution in [0.1, 0.15) is 105 Å². The standard InChI is InChI=1S/C66H75Cl2N9O24/c1-23(2)12-34(71-5)58(88)76-49-51(83)26-7-10-38(32(67)14-26)97-40-16-28-17-41(55(40)101-65-56(54(86)53(85)42(22-78)99-65)100-44-21-66(4,70)57(87)24(3)96-44)98-39-11-8-27(15-33(39)68)52(84)50-63(93)75-48(64(94)95)31-18-29(79)19-37(81)45(31)30-13-25(6-9-36(30)80)46(60(90)77-50)74-61(91)47(28)73-59(89)35(20-43(69)82)72-62(49)92/h6-11,13-19,23-24,34-35,42,44,46-54,56-57,65,71,78-81,83-87H,12,20-22,70H2,1-5H3,(H2,69,82)(H,72,92)(H,73,89)(H,74,91)(H,75,93)(H,76,88)(H,77,90)(H,94,95)/t24?,34-,35+,42?,44?,46-,47-,48-,49?,50+,51-,52-,53?,54?,56?,57?,65?,66?/m1/s1. The third kappa shape index (κ3) is 15.8. The number of likely N-dealkylation sites (N-methyl/N-ethyl adjacent to an activating group) is 1. The topological polar surface area (TPSA) is 530 Å². The number of aromatic hydroxyl groups is 3. The van der Waals surface area contributed by atoms with Crippen molar-refractivity contribution >= 4 is 70.5 Å². The fourth-order valence-electron chi connectivity index (χ4n) is 12.5. The molecule has 7 amide bonds. The molecular weight excluding hydrogens is 1370 g/mol. The Hall–Kier alpha value is -9.20. The number of nitrogens with two attached hydrogens (primary N) is 2. The summed E-state index contributed by atoms with van der Waals surface area (Å²) in [4.78, 5) is 117. The number of aliphatic hydroxyl groups excluding tert-OH is 6. The Morgan fingerprint density at radius 3 is 1.90 bits per heavy atom. The SMILES string of the molecule is CN[C@H](CC(C)C)C(=O)NC1C(=O)N[C@@H](CC(N)=O)C(=O)N[C@H]2C(=O)N[C@H]3C(=O)N[C@H](C(=O)N[C@@H](C(=O)O)c4cc(O)cc(O)c4-c4cc3ccc4O)[C@H](O)c3ccc(c(Cl)c3)Oc3cc2cc(c3OC2OC(CO)C(O)C(O)C2OC2CC(C)(N)C(O)C(C)O2)Oc2ccc(cc2Cl)[C@H]1O. The van der Waals surface area contributed by atoms with Crippen molar-refractivity contribution < 1.29 is 118 Å². The number of fused-ring (bicyclic) bond motifs is 15. The highest BCUT2D eigenvalue weighted by molar-refractivity contribution is 6.32. The van der Waals surface area contributed by atoms with Crippen LogP contribution in [0, 0.1) is 5.92 Å². The number of phenolic OH excluding ortho intramolecular Hbond substituents is 3. The third-order valence-corrected chi connectivity index (χ3v) is 18.4. The van der Waals surface area contributed by atoms with Crippen molar-refractivity contribution in [3.05, 3.63) is 117 Å². The lowest BCUT2D eigenvalue weighted by atomic mass is 9.86. The van der Waals surface area contributed by atoms with E-state index < -0.39 is 237 Å².